The SMILES string of the molecule is COc1ccc2c(n1)COCc1nnc(-c3ccc(Br)cn3)n1-2. The molecule has 8 heteroatoms. The first kappa shape index (κ1) is 14.3. The molecule has 0 aliphatic carbocycles. The van der Waals surface area contributed by atoms with Crippen LogP contribution in [0.2, 0.25) is 0 Å². The van der Waals surface area contributed by atoms with Gasteiger partial charge in [-0.2, -0.15) is 0 Å². The van der Waals surface area contributed by atoms with Gasteiger partial charge in [0.25, 0.3) is 0 Å². The van der Waals surface area contributed by atoms with Crippen molar-refractivity contribution >= 4 is 15.9 Å². The van der Waals surface area contributed by atoms with Gasteiger partial charge in [0, 0.05) is 16.7 Å². The van der Waals surface area contributed by atoms with E-state index in [2.05, 4.69) is 36.1 Å². The Hall–Kier alpha value is -2.32. The monoisotopic (exact) mass is 373 g/mol. The van der Waals surface area contributed by atoms with Gasteiger partial charge in [-0.25, -0.2) is 4.98 Å². The molecule has 0 N–H and O–H groups in total. The summed E-state index contributed by atoms with van der Waals surface area (Å²) in [5.74, 6) is 1.92. The second kappa shape index (κ2) is 5.71. The normalized spacial score (nSPS) is 13.1. The minimum atomic E-state index is 0.363. The van der Waals surface area contributed by atoms with Crippen LogP contribution in [0, 0.1) is 0 Å². The van der Waals surface area contributed by atoms with Crippen LogP contribution >= 0.6 is 15.9 Å². The first-order chi connectivity index (χ1) is 11.3. The van der Waals surface area contributed by atoms with Gasteiger partial charge in [-0.15, -0.1) is 10.2 Å². The standard InChI is InChI=1S/C15H12BrN5O2/c1-22-14-5-4-12-11(18-14)7-23-8-13-19-20-15(21(12)13)10-3-2-9(16)6-17-10/h2-6H,7-8H2,1H3. The smallest absolute Gasteiger partial charge is 0.213 e. The minimum Gasteiger partial charge on any atom is -0.481 e. The lowest BCUT2D eigenvalue weighted by Crippen LogP contribution is -2.05. The largest absolute Gasteiger partial charge is 0.481 e. The fourth-order valence-electron chi connectivity index (χ4n) is 2.47. The molecule has 3 aromatic rings. The van der Waals surface area contributed by atoms with Crippen LogP contribution in [0.4, 0.5) is 0 Å². The molecule has 0 aromatic carbocycles. The Kier molecular flexibility index (Phi) is 3.55. The summed E-state index contributed by atoms with van der Waals surface area (Å²) in [6, 6.07) is 7.56. The van der Waals surface area contributed by atoms with Crippen molar-refractivity contribution in [3.63, 3.8) is 0 Å². The lowest BCUT2D eigenvalue weighted by atomic mass is 10.2. The summed E-state index contributed by atoms with van der Waals surface area (Å²) in [5.41, 5.74) is 2.39. The zero-order chi connectivity index (χ0) is 15.8. The van der Waals surface area contributed by atoms with Crippen LogP contribution in [-0.4, -0.2) is 31.8 Å². The van der Waals surface area contributed by atoms with E-state index in [9.17, 15) is 0 Å². The highest BCUT2D eigenvalue weighted by molar-refractivity contribution is 9.10. The molecule has 3 aromatic heterocycles. The molecule has 23 heavy (non-hydrogen) atoms. The van der Waals surface area contributed by atoms with Crippen molar-refractivity contribution in [3.8, 4) is 23.1 Å². The van der Waals surface area contributed by atoms with Crippen molar-refractivity contribution < 1.29 is 9.47 Å². The molecule has 1 aliphatic heterocycles. The van der Waals surface area contributed by atoms with Gasteiger partial charge >= 0.3 is 0 Å². The average Bonchev–Trinajstić information content (AvgIpc) is 2.90. The number of nitrogens with zero attached hydrogens (tertiary/aromatic N) is 5. The van der Waals surface area contributed by atoms with E-state index >= 15 is 0 Å². The van der Waals surface area contributed by atoms with Crippen molar-refractivity contribution in [2.24, 2.45) is 0 Å². The van der Waals surface area contributed by atoms with Crippen molar-refractivity contribution in [1.29, 1.82) is 0 Å². The molecule has 4 rings (SSSR count). The lowest BCUT2D eigenvalue weighted by molar-refractivity contribution is 0.102. The molecule has 7 nitrogen and oxygen atoms in total. The number of halogens is 1. The number of hydrogen-bond acceptors (Lipinski definition) is 6. The summed E-state index contributed by atoms with van der Waals surface area (Å²) in [7, 11) is 1.59. The second-order valence-electron chi connectivity index (χ2n) is 4.95. The third-order valence-corrected chi connectivity index (χ3v) is 4.00. The summed E-state index contributed by atoms with van der Waals surface area (Å²) >= 11 is 3.39. The van der Waals surface area contributed by atoms with Crippen LogP contribution in [-0.2, 0) is 18.0 Å². The number of hydrogen-bond donors (Lipinski definition) is 0. The maximum atomic E-state index is 5.65. The number of methoxy groups -OCH3 is 1. The number of rotatable bonds is 2. The number of pyridine rings is 2. The Bertz CT molecular complexity index is 863. The molecule has 0 radical (unpaired) electrons. The Morgan fingerprint density at radius 1 is 1.17 bits per heavy atom. The first-order valence-corrected chi connectivity index (χ1v) is 7.74. The van der Waals surface area contributed by atoms with E-state index in [1.54, 1.807) is 13.3 Å². The molecule has 0 atom stereocenters. The minimum absolute atomic E-state index is 0.363. The zero-order valence-corrected chi connectivity index (χ0v) is 13.8. The Balaban J connectivity index is 1.91. The fourth-order valence-corrected chi connectivity index (χ4v) is 2.71. The summed E-state index contributed by atoms with van der Waals surface area (Å²) in [6.07, 6.45) is 1.73. The second-order valence-corrected chi connectivity index (χ2v) is 5.86. The molecule has 0 bridgehead atoms. The van der Waals surface area contributed by atoms with Crippen LogP contribution < -0.4 is 4.74 Å². The maximum Gasteiger partial charge on any atom is 0.213 e. The summed E-state index contributed by atoms with van der Waals surface area (Å²) < 4.78 is 13.7. The van der Waals surface area contributed by atoms with Gasteiger partial charge in [-0.3, -0.25) is 9.55 Å². The fraction of sp³-hybridized carbons (Fsp3) is 0.200. The summed E-state index contributed by atoms with van der Waals surface area (Å²) in [4.78, 5) is 8.88. The van der Waals surface area contributed by atoms with Crippen molar-refractivity contribution in [3.05, 3.63) is 46.5 Å². The van der Waals surface area contributed by atoms with Crippen molar-refractivity contribution in [2.45, 2.75) is 13.2 Å². The molecular weight excluding hydrogens is 362 g/mol. The number of ether oxygens (including phenoxy) is 2. The van der Waals surface area contributed by atoms with Gasteiger partial charge in [0.1, 0.15) is 12.3 Å². The van der Waals surface area contributed by atoms with Gasteiger partial charge in [-0.05, 0) is 34.1 Å². The van der Waals surface area contributed by atoms with Crippen LogP contribution in [0.15, 0.2) is 34.9 Å². The molecule has 116 valence electrons. The molecule has 0 saturated carbocycles. The van der Waals surface area contributed by atoms with E-state index < -0.39 is 0 Å². The van der Waals surface area contributed by atoms with E-state index in [1.165, 1.54) is 0 Å². The molecular formula is C15H12BrN5O2. The molecule has 1 aliphatic rings. The van der Waals surface area contributed by atoms with E-state index in [0.717, 1.165) is 27.4 Å². The predicted molar refractivity (Wildman–Crippen MR) is 85.1 cm³/mol. The molecule has 0 spiro atoms. The van der Waals surface area contributed by atoms with Crippen LogP contribution in [0.1, 0.15) is 11.5 Å². The maximum absolute atomic E-state index is 5.65. The van der Waals surface area contributed by atoms with Crippen LogP contribution in [0.25, 0.3) is 17.2 Å². The zero-order valence-electron chi connectivity index (χ0n) is 12.2. The molecule has 0 saturated heterocycles. The van der Waals surface area contributed by atoms with Gasteiger partial charge in [0.05, 0.1) is 25.1 Å². The summed E-state index contributed by atoms with van der Waals surface area (Å²) in [6.45, 7) is 0.755. The number of aromatic nitrogens is 5. The van der Waals surface area contributed by atoms with Gasteiger partial charge < -0.3 is 9.47 Å². The first-order valence-electron chi connectivity index (χ1n) is 6.94. The third-order valence-electron chi connectivity index (χ3n) is 3.53. The predicted octanol–water partition coefficient (Wildman–Crippen LogP) is 2.53. The van der Waals surface area contributed by atoms with Crippen LogP contribution in [0.5, 0.6) is 5.88 Å². The average molecular weight is 374 g/mol. The Morgan fingerprint density at radius 3 is 2.87 bits per heavy atom. The van der Waals surface area contributed by atoms with E-state index in [0.29, 0.717) is 24.9 Å². The Labute approximate surface area is 140 Å². The molecule has 0 fully saturated rings. The quantitative estimate of drug-likeness (QED) is 0.686. The molecule has 0 unspecified atom stereocenters. The lowest BCUT2D eigenvalue weighted by Gasteiger charge is -2.11. The van der Waals surface area contributed by atoms with Crippen molar-refractivity contribution in [1.82, 2.24) is 24.7 Å². The van der Waals surface area contributed by atoms with Gasteiger partial charge in [-0.1, -0.05) is 0 Å². The molecule has 4 heterocycles. The van der Waals surface area contributed by atoms with Crippen LogP contribution in [0.3, 0.4) is 0 Å². The molecule has 0 amide bonds. The van der Waals surface area contributed by atoms with E-state index in [1.807, 2.05) is 28.8 Å². The highest BCUT2D eigenvalue weighted by Crippen LogP contribution is 2.28. The third kappa shape index (κ3) is 2.49. The highest BCUT2D eigenvalue weighted by atomic mass is 79.9. The van der Waals surface area contributed by atoms with Gasteiger partial charge in [0.2, 0.25) is 5.88 Å². The topological polar surface area (TPSA) is 75.0 Å². The summed E-state index contributed by atoms with van der Waals surface area (Å²) in [5, 5.41) is 8.51. The van der Waals surface area contributed by atoms with Gasteiger partial charge in [0.15, 0.2) is 11.6 Å². The van der Waals surface area contributed by atoms with E-state index in [-0.39, 0.29) is 0 Å². The van der Waals surface area contributed by atoms with E-state index in [4.69, 9.17) is 9.47 Å². The highest BCUT2D eigenvalue weighted by Gasteiger charge is 2.22. The number of fused-ring (bicyclic) bond motifs is 3. The Morgan fingerprint density at radius 2 is 2.09 bits per heavy atom. The van der Waals surface area contributed by atoms with Crippen molar-refractivity contribution in [2.75, 3.05) is 7.11 Å².